The van der Waals surface area contributed by atoms with Gasteiger partial charge in [0.25, 0.3) is 5.91 Å². The SMILES string of the molecule is CCN(O)C(=O)c1scnc1C. The molecule has 0 radical (unpaired) electrons. The molecular formula is C7H10N2O2S. The monoisotopic (exact) mass is 186 g/mol. The molecule has 0 bridgehead atoms. The van der Waals surface area contributed by atoms with E-state index in [1.807, 2.05) is 0 Å². The van der Waals surface area contributed by atoms with Crippen molar-refractivity contribution in [3.63, 3.8) is 0 Å². The molecule has 66 valence electrons. The Kier molecular flexibility index (Phi) is 2.78. The highest BCUT2D eigenvalue weighted by molar-refractivity contribution is 7.11. The maximum absolute atomic E-state index is 11.3. The van der Waals surface area contributed by atoms with Crippen molar-refractivity contribution in [2.75, 3.05) is 6.54 Å². The lowest BCUT2D eigenvalue weighted by atomic mass is 10.4. The second kappa shape index (κ2) is 3.64. The van der Waals surface area contributed by atoms with Crippen LogP contribution >= 0.6 is 11.3 Å². The van der Waals surface area contributed by atoms with Crippen LogP contribution in [0, 0.1) is 6.92 Å². The minimum atomic E-state index is -0.377. The number of nitrogens with zero attached hydrogens (tertiary/aromatic N) is 2. The number of thiazole rings is 1. The van der Waals surface area contributed by atoms with Gasteiger partial charge in [-0.25, -0.2) is 10.0 Å². The van der Waals surface area contributed by atoms with E-state index in [4.69, 9.17) is 5.21 Å². The molecule has 0 atom stereocenters. The van der Waals surface area contributed by atoms with Gasteiger partial charge in [-0.15, -0.1) is 11.3 Å². The van der Waals surface area contributed by atoms with E-state index in [1.54, 1.807) is 19.4 Å². The van der Waals surface area contributed by atoms with Crippen molar-refractivity contribution in [2.45, 2.75) is 13.8 Å². The lowest BCUT2D eigenvalue weighted by Crippen LogP contribution is -2.26. The van der Waals surface area contributed by atoms with Crippen molar-refractivity contribution in [3.05, 3.63) is 16.1 Å². The van der Waals surface area contributed by atoms with Crippen molar-refractivity contribution in [2.24, 2.45) is 0 Å². The summed E-state index contributed by atoms with van der Waals surface area (Å²) in [7, 11) is 0. The minimum absolute atomic E-state index is 0.288. The molecule has 1 heterocycles. The van der Waals surface area contributed by atoms with Gasteiger partial charge in [0.15, 0.2) is 0 Å². The highest BCUT2D eigenvalue weighted by Gasteiger charge is 2.16. The van der Waals surface area contributed by atoms with Crippen molar-refractivity contribution in [1.82, 2.24) is 10.0 Å². The molecule has 0 fully saturated rings. The Bertz CT molecular complexity index is 285. The molecule has 1 amide bonds. The fourth-order valence-corrected chi connectivity index (χ4v) is 1.51. The summed E-state index contributed by atoms with van der Waals surface area (Å²) in [5.41, 5.74) is 2.25. The molecule has 0 aliphatic rings. The fourth-order valence-electron chi connectivity index (χ4n) is 0.768. The van der Waals surface area contributed by atoms with Gasteiger partial charge in [0, 0.05) is 6.54 Å². The molecule has 1 aromatic rings. The van der Waals surface area contributed by atoms with Crippen molar-refractivity contribution >= 4 is 17.2 Å². The molecule has 1 rings (SSSR count). The second-order valence-electron chi connectivity index (χ2n) is 2.29. The number of rotatable bonds is 2. The smallest absolute Gasteiger partial charge is 0.286 e. The zero-order valence-electron chi connectivity index (χ0n) is 6.94. The van der Waals surface area contributed by atoms with E-state index >= 15 is 0 Å². The van der Waals surface area contributed by atoms with E-state index < -0.39 is 0 Å². The summed E-state index contributed by atoms with van der Waals surface area (Å²) >= 11 is 1.24. The Labute approximate surface area is 74.4 Å². The molecule has 5 heteroatoms. The van der Waals surface area contributed by atoms with Gasteiger partial charge in [0.2, 0.25) is 0 Å². The number of hydrogen-bond donors (Lipinski definition) is 1. The van der Waals surface area contributed by atoms with E-state index in [9.17, 15) is 4.79 Å². The number of hydrogen-bond acceptors (Lipinski definition) is 4. The summed E-state index contributed by atoms with van der Waals surface area (Å²) in [6, 6.07) is 0. The summed E-state index contributed by atoms with van der Waals surface area (Å²) < 4.78 is 0. The van der Waals surface area contributed by atoms with Gasteiger partial charge < -0.3 is 0 Å². The number of hydroxylamine groups is 2. The first-order valence-corrected chi connectivity index (χ1v) is 4.45. The van der Waals surface area contributed by atoms with Gasteiger partial charge in [-0.2, -0.15) is 0 Å². The predicted octanol–water partition coefficient (Wildman–Crippen LogP) is 1.30. The van der Waals surface area contributed by atoms with Gasteiger partial charge in [-0.05, 0) is 13.8 Å². The third kappa shape index (κ3) is 1.62. The lowest BCUT2D eigenvalue weighted by molar-refractivity contribution is -0.0538. The van der Waals surface area contributed by atoms with E-state index in [1.165, 1.54) is 11.3 Å². The van der Waals surface area contributed by atoms with Gasteiger partial charge in [-0.3, -0.25) is 10.0 Å². The highest BCUT2D eigenvalue weighted by atomic mass is 32.1. The van der Waals surface area contributed by atoms with E-state index in [-0.39, 0.29) is 12.5 Å². The summed E-state index contributed by atoms with van der Waals surface area (Å²) in [6.07, 6.45) is 0. The maximum Gasteiger partial charge on any atom is 0.289 e. The quantitative estimate of drug-likeness (QED) is 0.559. The van der Waals surface area contributed by atoms with Crippen LogP contribution in [0.5, 0.6) is 0 Å². The van der Waals surface area contributed by atoms with Crippen LogP contribution < -0.4 is 0 Å². The molecule has 0 saturated heterocycles. The summed E-state index contributed by atoms with van der Waals surface area (Å²) in [5, 5.41) is 9.77. The zero-order chi connectivity index (χ0) is 9.14. The Morgan fingerprint density at radius 1 is 1.83 bits per heavy atom. The number of aromatic nitrogens is 1. The standard InChI is InChI=1S/C7H10N2O2S/c1-3-9(11)7(10)6-5(2)8-4-12-6/h4,11H,3H2,1-2H3. The van der Waals surface area contributed by atoms with Crippen LogP contribution in [0.4, 0.5) is 0 Å². The number of aryl methyl sites for hydroxylation is 1. The molecular weight excluding hydrogens is 176 g/mol. The normalized spacial score (nSPS) is 9.92. The minimum Gasteiger partial charge on any atom is -0.286 e. The Balaban J connectivity index is 2.85. The largest absolute Gasteiger partial charge is 0.289 e. The number of carbonyl (C=O) groups is 1. The van der Waals surface area contributed by atoms with Gasteiger partial charge >= 0.3 is 0 Å². The second-order valence-corrected chi connectivity index (χ2v) is 3.14. The molecule has 0 aliphatic carbocycles. The van der Waals surface area contributed by atoms with E-state index in [2.05, 4.69) is 4.98 Å². The maximum atomic E-state index is 11.3. The predicted molar refractivity (Wildman–Crippen MR) is 45.3 cm³/mol. The first-order chi connectivity index (χ1) is 5.66. The average Bonchev–Trinajstić information content (AvgIpc) is 2.48. The zero-order valence-corrected chi connectivity index (χ0v) is 7.76. The Hall–Kier alpha value is -0.940. The molecule has 1 aromatic heterocycles. The van der Waals surface area contributed by atoms with Crippen LogP contribution in [0.15, 0.2) is 5.51 Å². The first-order valence-electron chi connectivity index (χ1n) is 3.57. The average molecular weight is 186 g/mol. The highest BCUT2D eigenvalue weighted by Crippen LogP contribution is 2.13. The van der Waals surface area contributed by atoms with E-state index in [0.29, 0.717) is 15.6 Å². The van der Waals surface area contributed by atoms with Crippen LogP contribution in [0.1, 0.15) is 22.3 Å². The first kappa shape index (κ1) is 9.15. The summed E-state index contributed by atoms with van der Waals surface area (Å²) in [4.78, 5) is 15.7. The molecule has 0 saturated carbocycles. The summed E-state index contributed by atoms with van der Waals surface area (Å²) in [5.74, 6) is -0.377. The van der Waals surface area contributed by atoms with Crippen LogP contribution in [0.3, 0.4) is 0 Å². The van der Waals surface area contributed by atoms with Crippen LogP contribution in [-0.2, 0) is 0 Å². The number of amides is 1. The fraction of sp³-hybridized carbons (Fsp3) is 0.429. The molecule has 0 unspecified atom stereocenters. The topological polar surface area (TPSA) is 53.4 Å². The number of carbonyl (C=O) groups excluding carboxylic acids is 1. The molecule has 0 spiro atoms. The van der Waals surface area contributed by atoms with Crippen LogP contribution in [-0.4, -0.2) is 27.7 Å². The molecule has 12 heavy (non-hydrogen) atoms. The molecule has 0 aromatic carbocycles. The van der Waals surface area contributed by atoms with Crippen LogP contribution in [0.2, 0.25) is 0 Å². The van der Waals surface area contributed by atoms with Crippen molar-refractivity contribution < 1.29 is 10.0 Å². The van der Waals surface area contributed by atoms with Gasteiger partial charge in [0.1, 0.15) is 4.88 Å². The molecule has 0 aliphatic heterocycles. The molecule has 1 N–H and O–H groups in total. The third-order valence-electron chi connectivity index (χ3n) is 1.47. The summed E-state index contributed by atoms with van der Waals surface area (Å²) in [6.45, 7) is 3.73. The Morgan fingerprint density at radius 2 is 2.50 bits per heavy atom. The van der Waals surface area contributed by atoms with Crippen molar-refractivity contribution in [3.8, 4) is 0 Å². The van der Waals surface area contributed by atoms with E-state index in [0.717, 1.165) is 0 Å². The van der Waals surface area contributed by atoms with Crippen molar-refractivity contribution in [1.29, 1.82) is 0 Å². The Morgan fingerprint density at radius 3 is 2.92 bits per heavy atom. The van der Waals surface area contributed by atoms with Crippen LogP contribution in [0.25, 0.3) is 0 Å². The lowest BCUT2D eigenvalue weighted by Gasteiger charge is -2.10. The van der Waals surface area contributed by atoms with Gasteiger partial charge in [0.05, 0.1) is 11.2 Å². The molecule has 4 nitrogen and oxygen atoms in total. The van der Waals surface area contributed by atoms with Gasteiger partial charge in [-0.1, -0.05) is 0 Å². The third-order valence-corrected chi connectivity index (χ3v) is 2.39.